The largest absolute Gasteiger partial charge is 0.416 e. The fourth-order valence-electron chi connectivity index (χ4n) is 2.90. The molecule has 0 bridgehead atoms. The monoisotopic (exact) mass is 371 g/mol. The van der Waals surface area contributed by atoms with Crippen molar-refractivity contribution in [2.45, 2.75) is 37.9 Å². The minimum Gasteiger partial charge on any atom is -0.353 e. The molecule has 2 fully saturated rings. The molecule has 0 aromatic heterocycles. The first-order valence-electron chi connectivity index (χ1n) is 8.36. The fourth-order valence-corrected chi connectivity index (χ4v) is 3.18. The number of carbonyl (C=O) groups excluding carboxylic acids is 1. The van der Waals surface area contributed by atoms with Crippen LogP contribution < -0.4 is 10.6 Å². The summed E-state index contributed by atoms with van der Waals surface area (Å²) < 4.78 is 38.4. The van der Waals surface area contributed by atoms with Crippen LogP contribution in [0.1, 0.15) is 31.2 Å². The van der Waals surface area contributed by atoms with Gasteiger partial charge >= 0.3 is 6.18 Å². The number of benzene rings is 1. The molecule has 2 aliphatic rings. The summed E-state index contributed by atoms with van der Waals surface area (Å²) in [5, 5.41) is 6.22. The Hall–Kier alpha value is -1.83. The Morgan fingerprint density at radius 2 is 2.00 bits per heavy atom. The summed E-state index contributed by atoms with van der Waals surface area (Å²) >= 11 is 5.33. The molecule has 1 amide bonds. The number of amides is 1. The molecule has 1 aliphatic heterocycles. The van der Waals surface area contributed by atoms with Crippen LogP contribution in [0.5, 0.6) is 0 Å². The van der Waals surface area contributed by atoms with E-state index in [1.807, 2.05) is 4.90 Å². The van der Waals surface area contributed by atoms with Crippen molar-refractivity contribution in [2.24, 2.45) is 5.92 Å². The molecular weight excluding hydrogens is 351 g/mol. The van der Waals surface area contributed by atoms with E-state index in [0.29, 0.717) is 29.9 Å². The molecule has 25 heavy (non-hydrogen) atoms. The second kappa shape index (κ2) is 7.19. The zero-order chi connectivity index (χ0) is 18.0. The van der Waals surface area contributed by atoms with E-state index in [0.717, 1.165) is 37.8 Å². The maximum absolute atomic E-state index is 12.8. The summed E-state index contributed by atoms with van der Waals surface area (Å²) in [5.41, 5.74) is -0.426. The van der Waals surface area contributed by atoms with Crippen LogP contribution >= 0.6 is 12.2 Å². The van der Waals surface area contributed by atoms with E-state index in [2.05, 4.69) is 10.6 Å². The standard InChI is InChI=1S/C17H20F3N3OS/c18-17(19,20)12-4-1-5-14(9-12)22-16(25)23-8-2-3-11(10-23)15(24)21-13-6-7-13/h1,4-5,9,11,13H,2-3,6-8,10H2,(H,21,24)(H,22,25)/t11-/m0/s1. The lowest BCUT2D eigenvalue weighted by molar-refractivity contribution is -0.137. The number of nitrogens with zero attached hydrogens (tertiary/aromatic N) is 1. The minimum atomic E-state index is -4.39. The van der Waals surface area contributed by atoms with Gasteiger partial charge in [0.05, 0.1) is 11.5 Å². The van der Waals surface area contributed by atoms with Crippen LogP contribution in [-0.4, -0.2) is 35.1 Å². The number of thiocarbonyl (C=S) groups is 1. The third kappa shape index (κ3) is 4.84. The highest BCUT2D eigenvalue weighted by molar-refractivity contribution is 7.80. The summed E-state index contributed by atoms with van der Waals surface area (Å²) in [6, 6.07) is 5.26. The quantitative estimate of drug-likeness (QED) is 0.800. The summed E-state index contributed by atoms with van der Waals surface area (Å²) in [5.74, 6) is -0.0790. The van der Waals surface area contributed by atoms with Crippen molar-refractivity contribution in [3.8, 4) is 0 Å². The lowest BCUT2D eigenvalue weighted by atomic mass is 9.97. The predicted octanol–water partition coefficient (Wildman–Crippen LogP) is 3.39. The second-order valence-electron chi connectivity index (χ2n) is 6.58. The van der Waals surface area contributed by atoms with Crippen molar-refractivity contribution in [3.05, 3.63) is 29.8 Å². The van der Waals surface area contributed by atoms with Gasteiger partial charge in [0, 0.05) is 24.8 Å². The van der Waals surface area contributed by atoms with Crippen molar-refractivity contribution in [1.29, 1.82) is 0 Å². The van der Waals surface area contributed by atoms with Crippen molar-refractivity contribution in [2.75, 3.05) is 18.4 Å². The Bertz CT molecular complexity index is 661. The maximum Gasteiger partial charge on any atom is 0.416 e. The number of likely N-dealkylation sites (tertiary alicyclic amines) is 1. The third-order valence-corrected chi connectivity index (χ3v) is 4.80. The molecule has 1 aromatic rings. The van der Waals surface area contributed by atoms with Crippen LogP contribution in [-0.2, 0) is 11.0 Å². The highest BCUT2D eigenvalue weighted by atomic mass is 32.1. The molecular formula is C17H20F3N3OS. The Morgan fingerprint density at radius 1 is 1.24 bits per heavy atom. The van der Waals surface area contributed by atoms with E-state index in [1.165, 1.54) is 6.07 Å². The van der Waals surface area contributed by atoms with E-state index < -0.39 is 11.7 Å². The lowest BCUT2D eigenvalue weighted by Gasteiger charge is -2.34. The van der Waals surface area contributed by atoms with Crippen molar-refractivity contribution in [1.82, 2.24) is 10.2 Å². The number of alkyl halides is 3. The van der Waals surface area contributed by atoms with Crippen LogP contribution in [0.3, 0.4) is 0 Å². The fraction of sp³-hybridized carbons (Fsp3) is 0.529. The van der Waals surface area contributed by atoms with E-state index >= 15 is 0 Å². The van der Waals surface area contributed by atoms with Gasteiger partial charge in [-0.05, 0) is 56.1 Å². The number of hydrogen-bond donors (Lipinski definition) is 2. The Morgan fingerprint density at radius 3 is 2.68 bits per heavy atom. The molecule has 1 aliphatic carbocycles. The lowest BCUT2D eigenvalue weighted by Crippen LogP contribution is -2.47. The molecule has 4 nitrogen and oxygen atoms in total. The Labute approximate surface area is 149 Å². The van der Waals surface area contributed by atoms with Gasteiger partial charge in [-0.3, -0.25) is 4.79 Å². The molecule has 136 valence electrons. The Kier molecular flexibility index (Phi) is 5.17. The number of piperidine rings is 1. The summed E-state index contributed by atoms with van der Waals surface area (Å²) in [6.45, 7) is 1.18. The van der Waals surface area contributed by atoms with Crippen LogP contribution in [0.15, 0.2) is 24.3 Å². The average molecular weight is 371 g/mol. The van der Waals surface area contributed by atoms with E-state index in [-0.39, 0.29) is 11.8 Å². The number of halogens is 3. The van der Waals surface area contributed by atoms with Gasteiger partial charge in [0.25, 0.3) is 0 Å². The smallest absolute Gasteiger partial charge is 0.353 e. The second-order valence-corrected chi connectivity index (χ2v) is 6.96. The molecule has 3 rings (SSSR count). The van der Waals surface area contributed by atoms with E-state index in [9.17, 15) is 18.0 Å². The topological polar surface area (TPSA) is 44.4 Å². The van der Waals surface area contributed by atoms with Crippen molar-refractivity contribution >= 4 is 28.9 Å². The van der Waals surface area contributed by atoms with Gasteiger partial charge in [0.1, 0.15) is 0 Å². The first kappa shape index (κ1) is 18.0. The molecule has 1 atom stereocenters. The van der Waals surface area contributed by atoms with Crippen LogP contribution in [0, 0.1) is 5.92 Å². The highest BCUT2D eigenvalue weighted by Gasteiger charge is 2.32. The maximum atomic E-state index is 12.8. The summed E-state index contributed by atoms with van der Waals surface area (Å²) in [6.07, 6.45) is -0.680. The Balaban J connectivity index is 1.59. The van der Waals surface area contributed by atoms with Crippen molar-refractivity contribution < 1.29 is 18.0 Å². The van der Waals surface area contributed by atoms with Crippen molar-refractivity contribution in [3.63, 3.8) is 0 Å². The number of rotatable bonds is 3. The average Bonchev–Trinajstić information content (AvgIpc) is 3.38. The number of carbonyl (C=O) groups is 1. The molecule has 0 spiro atoms. The van der Waals surface area contributed by atoms with Crippen LogP contribution in [0.25, 0.3) is 0 Å². The number of anilines is 1. The summed E-state index contributed by atoms with van der Waals surface area (Å²) in [4.78, 5) is 14.1. The minimum absolute atomic E-state index is 0.0501. The van der Waals surface area contributed by atoms with Crippen LogP contribution in [0.2, 0.25) is 0 Å². The molecule has 1 saturated heterocycles. The van der Waals surface area contributed by atoms with E-state index in [1.54, 1.807) is 6.07 Å². The molecule has 0 unspecified atom stereocenters. The highest BCUT2D eigenvalue weighted by Crippen LogP contribution is 2.31. The third-order valence-electron chi connectivity index (χ3n) is 4.44. The van der Waals surface area contributed by atoms with Gasteiger partial charge in [0.2, 0.25) is 5.91 Å². The molecule has 1 aromatic carbocycles. The zero-order valence-corrected chi connectivity index (χ0v) is 14.4. The molecule has 1 heterocycles. The van der Waals surface area contributed by atoms with Crippen LogP contribution in [0.4, 0.5) is 18.9 Å². The van der Waals surface area contributed by atoms with Gasteiger partial charge in [-0.1, -0.05) is 6.07 Å². The molecule has 2 N–H and O–H groups in total. The molecule has 1 saturated carbocycles. The molecule has 0 radical (unpaired) electrons. The SMILES string of the molecule is O=C(NC1CC1)[C@H]1CCCN(C(=S)Nc2cccc(C(F)(F)F)c2)C1. The first-order chi connectivity index (χ1) is 11.8. The number of hydrogen-bond acceptors (Lipinski definition) is 2. The first-order valence-corrected chi connectivity index (χ1v) is 8.77. The number of nitrogens with one attached hydrogen (secondary N) is 2. The van der Waals surface area contributed by atoms with Gasteiger partial charge in [-0.15, -0.1) is 0 Å². The summed E-state index contributed by atoms with van der Waals surface area (Å²) in [7, 11) is 0. The predicted molar refractivity (Wildman–Crippen MR) is 93.1 cm³/mol. The van der Waals surface area contributed by atoms with Gasteiger partial charge in [-0.25, -0.2) is 0 Å². The van der Waals surface area contributed by atoms with E-state index in [4.69, 9.17) is 12.2 Å². The zero-order valence-electron chi connectivity index (χ0n) is 13.6. The normalized spacial score (nSPS) is 20.9. The van der Waals surface area contributed by atoms with Gasteiger partial charge in [0.15, 0.2) is 5.11 Å². The molecule has 8 heteroatoms. The van der Waals surface area contributed by atoms with Gasteiger partial charge < -0.3 is 15.5 Å². The van der Waals surface area contributed by atoms with Gasteiger partial charge in [-0.2, -0.15) is 13.2 Å².